The number of piperidine rings is 1. The fraction of sp³-hybridized carbons (Fsp3) is 0.562. The number of amides is 1. The van der Waals surface area contributed by atoms with Gasteiger partial charge in [0.25, 0.3) is 5.91 Å². The molecule has 1 aromatic rings. The molecule has 22 heavy (non-hydrogen) atoms. The van der Waals surface area contributed by atoms with Crippen LogP contribution in [-0.2, 0) is 11.2 Å². The van der Waals surface area contributed by atoms with Crippen molar-refractivity contribution in [3.63, 3.8) is 0 Å². The number of rotatable bonds is 2. The topological polar surface area (TPSA) is 55.6 Å². The lowest BCUT2D eigenvalue weighted by atomic mass is 9.96. The number of carbonyl (C=O) groups excluding carboxylic acids is 1. The van der Waals surface area contributed by atoms with E-state index in [1.807, 2.05) is 24.0 Å². The SMILES string of the molecule is CC(N)C1CCCCN1C(=O)C1Cc2cc(Cl)ccc2O1.Cl. The number of carbonyl (C=O) groups is 1. The third-order valence-corrected chi connectivity index (χ3v) is 4.65. The molecule has 122 valence electrons. The van der Waals surface area contributed by atoms with E-state index in [9.17, 15) is 4.79 Å². The molecule has 0 bridgehead atoms. The van der Waals surface area contributed by atoms with Crippen molar-refractivity contribution in [2.24, 2.45) is 5.73 Å². The van der Waals surface area contributed by atoms with E-state index in [4.69, 9.17) is 22.1 Å². The molecule has 0 spiro atoms. The summed E-state index contributed by atoms with van der Waals surface area (Å²) in [6.07, 6.45) is 3.32. The van der Waals surface area contributed by atoms with Crippen LogP contribution in [0, 0.1) is 0 Å². The van der Waals surface area contributed by atoms with Crippen molar-refractivity contribution in [1.29, 1.82) is 0 Å². The smallest absolute Gasteiger partial charge is 0.264 e. The fourth-order valence-electron chi connectivity index (χ4n) is 3.32. The molecule has 6 heteroatoms. The summed E-state index contributed by atoms with van der Waals surface area (Å²) in [6, 6.07) is 5.63. The second-order valence-corrected chi connectivity index (χ2v) is 6.45. The number of ether oxygens (including phenoxy) is 1. The maximum atomic E-state index is 12.8. The molecule has 0 aliphatic carbocycles. The first-order valence-corrected chi connectivity index (χ1v) is 7.95. The minimum atomic E-state index is -0.433. The van der Waals surface area contributed by atoms with E-state index < -0.39 is 6.10 Å². The first-order chi connectivity index (χ1) is 10.1. The first-order valence-electron chi connectivity index (χ1n) is 7.57. The Morgan fingerprint density at radius 3 is 2.95 bits per heavy atom. The normalized spacial score (nSPS) is 25.0. The molecule has 0 aromatic heterocycles. The number of nitrogens with zero attached hydrogens (tertiary/aromatic N) is 1. The molecule has 3 atom stereocenters. The monoisotopic (exact) mass is 344 g/mol. The molecule has 2 heterocycles. The van der Waals surface area contributed by atoms with Gasteiger partial charge in [-0.3, -0.25) is 4.79 Å². The lowest BCUT2D eigenvalue weighted by molar-refractivity contribution is -0.142. The van der Waals surface area contributed by atoms with Crippen LogP contribution in [0.4, 0.5) is 0 Å². The Morgan fingerprint density at radius 1 is 1.45 bits per heavy atom. The van der Waals surface area contributed by atoms with Crippen molar-refractivity contribution in [3.05, 3.63) is 28.8 Å². The number of hydrogen-bond donors (Lipinski definition) is 1. The van der Waals surface area contributed by atoms with Gasteiger partial charge in [-0.05, 0) is 49.9 Å². The van der Waals surface area contributed by atoms with Crippen LogP contribution < -0.4 is 10.5 Å². The summed E-state index contributed by atoms with van der Waals surface area (Å²) in [5.74, 6) is 0.830. The van der Waals surface area contributed by atoms with Crippen LogP contribution in [0.5, 0.6) is 5.75 Å². The molecule has 0 radical (unpaired) electrons. The highest BCUT2D eigenvalue weighted by Gasteiger charge is 2.37. The molecule has 3 unspecified atom stereocenters. The molecule has 1 amide bonds. The summed E-state index contributed by atoms with van der Waals surface area (Å²) >= 11 is 6.00. The highest BCUT2D eigenvalue weighted by molar-refractivity contribution is 6.30. The standard InChI is InChI=1S/C16H21ClN2O2.ClH/c1-10(18)13-4-2-3-7-19(13)16(20)15-9-11-8-12(17)5-6-14(11)21-15;/h5-6,8,10,13,15H,2-4,7,9,18H2,1H3;1H. The Hall–Kier alpha value is -0.970. The largest absolute Gasteiger partial charge is 0.480 e. The van der Waals surface area contributed by atoms with Crippen molar-refractivity contribution in [1.82, 2.24) is 4.90 Å². The van der Waals surface area contributed by atoms with Crippen LogP contribution in [0.15, 0.2) is 18.2 Å². The van der Waals surface area contributed by atoms with Gasteiger partial charge in [0.05, 0.1) is 0 Å². The maximum absolute atomic E-state index is 12.8. The average molecular weight is 345 g/mol. The van der Waals surface area contributed by atoms with E-state index in [1.165, 1.54) is 0 Å². The van der Waals surface area contributed by atoms with Gasteiger partial charge in [-0.25, -0.2) is 0 Å². The van der Waals surface area contributed by atoms with E-state index in [1.54, 1.807) is 6.07 Å². The first kappa shape index (κ1) is 17.4. The zero-order chi connectivity index (χ0) is 15.0. The third kappa shape index (κ3) is 3.34. The summed E-state index contributed by atoms with van der Waals surface area (Å²) in [5, 5.41) is 0.678. The van der Waals surface area contributed by atoms with Gasteiger partial charge in [-0.2, -0.15) is 0 Å². The van der Waals surface area contributed by atoms with Crippen molar-refractivity contribution < 1.29 is 9.53 Å². The zero-order valence-corrected chi connectivity index (χ0v) is 14.2. The van der Waals surface area contributed by atoms with Gasteiger partial charge in [0.15, 0.2) is 6.10 Å². The Kier molecular flexibility index (Phi) is 5.59. The van der Waals surface area contributed by atoms with Crippen LogP contribution in [0.3, 0.4) is 0 Å². The van der Waals surface area contributed by atoms with Crippen LogP contribution in [0.25, 0.3) is 0 Å². The van der Waals surface area contributed by atoms with E-state index in [2.05, 4.69) is 0 Å². The molecule has 3 rings (SSSR count). The molecule has 2 aliphatic heterocycles. The number of likely N-dealkylation sites (tertiary alicyclic amines) is 1. The Labute approximate surface area is 142 Å². The van der Waals surface area contributed by atoms with Gasteiger partial charge in [0.2, 0.25) is 0 Å². The lowest BCUT2D eigenvalue weighted by Gasteiger charge is -2.39. The zero-order valence-electron chi connectivity index (χ0n) is 12.6. The Morgan fingerprint density at radius 2 is 2.23 bits per heavy atom. The minimum absolute atomic E-state index is 0. The lowest BCUT2D eigenvalue weighted by Crippen LogP contribution is -2.55. The highest BCUT2D eigenvalue weighted by atomic mass is 35.5. The van der Waals surface area contributed by atoms with E-state index in [0.717, 1.165) is 37.1 Å². The number of nitrogens with two attached hydrogens (primary N) is 1. The molecular weight excluding hydrogens is 323 g/mol. The Bertz CT molecular complexity index is 551. The number of hydrogen-bond acceptors (Lipinski definition) is 3. The van der Waals surface area contributed by atoms with Gasteiger partial charge in [0.1, 0.15) is 5.75 Å². The average Bonchev–Trinajstić information content (AvgIpc) is 2.89. The van der Waals surface area contributed by atoms with Crippen molar-refractivity contribution in [3.8, 4) is 5.75 Å². The van der Waals surface area contributed by atoms with Gasteiger partial charge >= 0.3 is 0 Å². The molecule has 1 fully saturated rings. The highest BCUT2D eigenvalue weighted by Crippen LogP contribution is 2.32. The molecule has 1 saturated heterocycles. The van der Waals surface area contributed by atoms with Crippen LogP contribution in [-0.4, -0.2) is 35.5 Å². The predicted molar refractivity (Wildman–Crippen MR) is 89.8 cm³/mol. The molecular formula is C16H22Cl2N2O2. The number of benzene rings is 1. The van der Waals surface area contributed by atoms with Gasteiger partial charge in [-0.15, -0.1) is 12.4 Å². The van der Waals surface area contributed by atoms with Crippen molar-refractivity contribution >= 4 is 29.9 Å². The molecule has 1 aromatic carbocycles. The summed E-state index contributed by atoms with van der Waals surface area (Å²) in [4.78, 5) is 14.7. The van der Waals surface area contributed by atoms with E-state index >= 15 is 0 Å². The minimum Gasteiger partial charge on any atom is -0.480 e. The van der Waals surface area contributed by atoms with Gasteiger partial charge in [-0.1, -0.05) is 11.6 Å². The van der Waals surface area contributed by atoms with E-state index in [0.29, 0.717) is 11.4 Å². The summed E-state index contributed by atoms with van der Waals surface area (Å²) in [6.45, 7) is 2.75. The molecule has 2 N–H and O–H groups in total. The second kappa shape index (κ2) is 7.07. The molecule has 0 saturated carbocycles. The fourth-order valence-corrected chi connectivity index (χ4v) is 3.51. The summed E-state index contributed by atoms with van der Waals surface area (Å²) in [5.41, 5.74) is 7.06. The third-order valence-electron chi connectivity index (χ3n) is 4.41. The maximum Gasteiger partial charge on any atom is 0.264 e. The van der Waals surface area contributed by atoms with Crippen LogP contribution >= 0.6 is 24.0 Å². The number of fused-ring (bicyclic) bond motifs is 1. The summed E-state index contributed by atoms with van der Waals surface area (Å²) < 4.78 is 5.81. The number of halogens is 2. The van der Waals surface area contributed by atoms with Gasteiger partial charge < -0.3 is 15.4 Å². The van der Waals surface area contributed by atoms with Crippen molar-refractivity contribution in [2.45, 2.75) is 50.8 Å². The van der Waals surface area contributed by atoms with E-state index in [-0.39, 0.29) is 30.4 Å². The molecule has 4 nitrogen and oxygen atoms in total. The summed E-state index contributed by atoms with van der Waals surface area (Å²) in [7, 11) is 0. The second-order valence-electron chi connectivity index (χ2n) is 6.02. The van der Waals surface area contributed by atoms with Crippen LogP contribution in [0.2, 0.25) is 5.02 Å². The predicted octanol–water partition coefficient (Wildman–Crippen LogP) is 2.79. The Balaban J connectivity index is 0.00000176. The quantitative estimate of drug-likeness (QED) is 0.897. The molecule has 2 aliphatic rings. The van der Waals surface area contributed by atoms with Gasteiger partial charge in [0, 0.05) is 30.1 Å². The van der Waals surface area contributed by atoms with Crippen molar-refractivity contribution in [2.75, 3.05) is 6.54 Å². The van der Waals surface area contributed by atoms with Crippen LogP contribution in [0.1, 0.15) is 31.7 Å².